The molecule has 2 aliphatic carbocycles. The van der Waals surface area contributed by atoms with Gasteiger partial charge >= 0.3 is 0 Å². The Morgan fingerprint density at radius 2 is 0.697 bits per heavy atom. The summed E-state index contributed by atoms with van der Waals surface area (Å²) in [6.45, 7) is 0. The maximum Gasteiger partial charge on any atom is 0.127 e. The van der Waals surface area contributed by atoms with Crippen LogP contribution in [0, 0.1) is 5.92 Å². The zero-order chi connectivity index (χ0) is 23.2. The molecular formula is C30H58OS2. The van der Waals surface area contributed by atoms with Crippen LogP contribution in [0.5, 0.6) is 0 Å². The number of rotatable bonds is 4. The quantitative estimate of drug-likeness (QED) is 0.284. The van der Waals surface area contributed by atoms with Crippen molar-refractivity contribution in [3.8, 4) is 0 Å². The minimum absolute atomic E-state index is 0.459. The van der Waals surface area contributed by atoms with Crippen LogP contribution < -0.4 is 0 Å². The molecule has 0 saturated heterocycles. The smallest absolute Gasteiger partial charge is 0.127 e. The third kappa shape index (κ3) is 16.9. The minimum atomic E-state index is -0.673. The van der Waals surface area contributed by atoms with Gasteiger partial charge in [-0.15, -0.1) is 0 Å². The molecule has 1 atom stereocenters. The summed E-state index contributed by atoms with van der Waals surface area (Å²) in [6, 6.07) is 0. The lowest BCUT2D eigenvalue weighted by molar-refractivity contribution is 0.441. The summed E-state index contributed by atoms with van der Waals surface area (Å²) in [7, 11) is 1.18. The van der Waals surface area contributed by atoms with Gasteiger partial charge in [0.25, 0.3) is 0 Å². The van der Waals surface area contributed by atoms with Gasteiger partial charge in [-0.3, -0.25) is 0 Å². The largest absolute Gasteiger partial charge is 0.605 e. The Morgan fingerprint density at radius 3 is 1.03 bits per heavy atom. The highest BCUT2D eigenvalue weighted by Gasteiger charge is 2.25. The van der Waals surface area contributed by atoms with Crippen molar-refractivity contribution in [2.75, 3.05) is 5.75 Å². The summed E-state index contributed by atoms with van der Waals surface area (Å²) in [4.78, 5) is 0. The third-order valence-electron chi connectivity index (χ3n) is 8.22. The second-order valence-electron chi connectivity index (χ2n) is 11.3. The minimum Gasteiger partial charge on any atom is -0.605 e. The Kier molecular flexibility index (Phi) is 19.8. The third-order valence-corrected chi connectivity index (χ3v) is 12.0. The summed E-state index contributed by atoms with van der Waals surface area (Å²) >= 11 is 0. The molecule has 196 valence electrons. The molecule has 33 heavy (non-hydrogen) atoms. The van der Waals surface area contributed by atoms with Crippen LogP contribution in [-0.4, -0.2) is 15.6 Å². The van der Waals surface area contributed by atoms with Crippen molar-refractivity contribution in [1.82, 2.24) is 0 Å². The summed E-state index contributed by atoms with van der Waals surface area (Å²) in [6.07, 6.45) is 37.8. The first-order valence-electron chi connectivity index (χ1n) is 15.4. The van der Waals surface area contributed by atoms with Crippen LogP contribution in [-0.2, 0) is 10.2 Å². The fourth-order valence-corrected chi connectivity index (χ4v) is 9.58. The normalized spacial score (nSPS) is 25.4. The lowest BCUT2D eigenvalue weighted by Gasteiger charge is -2.22. The van der Waals surface area contributed by atoms with E-state index in [1.807, 2.05) is 10.8 Å². The van der Waals surface area contributed by atoms with Crippen LogP contribution in [0.4, 0.5) is 0 Å². The van der Waals surface area contributed by atoms with Gasteiger partial charge in [-0.2, -0.15) is 0 Å². The highest BCUT2D eigenvalue weighted by molar-refractivity contribution is 8.72. The number of hydrogen-bond acceptors (Lipinski definition) is 2. The lowest BCUT2D eigenvalue weighted by Crippen LogP contribution is -2.20. The predicted molar refractivity (Wildman–Crippen MR) is 153 cm³/mol. The van der Waals surface area contributed by atoms with Gasteiger partial charge in [-0.05, 0) is 44.4 Å². The van der Waals surface area contributed by atoms with E-state index in [-0.39, 0.29) is 0 Å². The molecule has 0 spiro atoms. The van der Waals surface area contributed by atoms with Gasteiger partial charge in [0, 0.05) is 16.0 Å². The zero-order valence-corrected chi connectivity index (χ0v) is 23.8. The van der Waals surface area contributed by atoms with Crippen LogP contribution in [0.3, 0.4) is 0 Å². The van der Waals surface area contributed by atoms with Crippen LogP contribution in [0.2, 0.25) is 0 Å². The van der Waals surface area contributed by atoms with E-state index in [1.54, 1.807) is 0 Å². The summed E-state index contributed by atoms with van der Waals surface area (Å²) in [5.74, 6) is 1.96. The van der Waals surface area contributed by atoms with Gasteiger partial charge in [0.05, 0.1) is 10.8 Å². The maximum absolute atomic E-state index is 13.4. The average molecular weight is 499 g/mol. The molecule has 0 bridgehead atoms. The van der Waals surface area contributed by atoms with Gasteiger partial charge in [0.15, 0.2) is 0 Å². The summed E-state index contributed by atoms with van der Waals surface area (Å²) in [5.41, 5.74) is 0. The van der Waals surface area contributed by atoms with Crippen LogP contribution in [0.15, 0.2) is 0 Å². The Morgan fingerprint density at radius 1 is 0.424 bits per heavy atom. The topological polar surface area (TPSA) is 23.1 Å². The SMILES string of the molecule is [O-][S+](SCC1CCCCCCCCCCCCCC1)C1CCCCCCCCCCCCC1. The van der Waals surface area contributed by atoms with Crippen molar-refractivity contribution in [1.29, 1.82) is 0 Å². The maximum atomic E-state index is 13.4. The van der Waals surface area contributed by atoms with Crippen LogP contribution >= 0.6 is 10.8 Å². The van der Waals surface area contributed by atoms with Gasteiger partial charge in [0.1, 0.15) is 5.25 Å². The first-order chi connectivity index (χ1) is 16.4. The molecule has 0 aromatic carbocycles. The summed E-state index contributed by atoms with van der Waals surface area (Å²) in [5, 5.41) is 0.459. The van der Waals surface area contributed by atoms with Gasteiger partial charge in [-0.1, -0.05) is 135 Å². The highest BCUT2D eigenvalue weighted by Crippen LogP contribution is 2.32. The van der Waals surface area contributed by atoms with E-state index in [0.717, 1.165) is 11.7 Å². The van der Waals surface area contributed by atoms with E-state index in [1.165, 1.54) is 173 Å². The number of hydrogen-bond donors (Lipinski definition) is 0. The van der Waals surface area contributed by atoms with Gasteiger partial charge in [-0.25, -0.2) is 0 Å². The Balaban J connectivity index is 1.74. The molecular weight excluding hydrogens is 440 g/mol. The molecule has 1 nitrogen and oxygen atoms in total. The molecule has 0 aromatic heterocycles. The first-order valence-corrected chi connectivity index (χ1v) is 18.1. The molecule has 2 aliphatic rings. The molecule has 2 fully saturated rings. The van der Waals surface area contributed by atoms with Crippen molar-refractivity contribution in [2.45, 2.75) is 179 Å². The molecule has 2 rings (SSSR count). The summed E-state index contributed by atoms with van der Waals surface area (Å²) < 4.78 is 13.4. The van der Waals surface area contributed by atoms with E-state index in [2.05, 4.69) is 0 Å². The fraction of sp³-hybridized carbons (Fsp3) is 1.00. The Bertz CT molecular complexity index is 386. The highest BCUT2D eigenvalue weighted by atomic mass is 33.1. The Hall–Kier alpha value is 0.660. The van der Waals surface area contributed by atoms with Gasteiger partial charge < -0.3 is 4.55 Å². The van der Waals surface area contributed by atoms with Crippen LogP contribution in [0.1, 0.15) is 173 Å². The fourth-order valence-electron chi connectivity index (χ4n) is 5.88. The van der Waals surface area contributed by atoms with Crippen LogP contribution in [0.25, 0.3) is 0 Å². The molecule has 0 aromatic rings. The molecule has 0 radical (unpaired) electrons. The standard InChI is InChI=1S/C30H58OS2/c31-33(30-26-22-18-14-10-6-3-7-11-15-19-23-27-30)32-28-29-24-20-16-12-8-4-1-2-5-9-13-17-21-25-29/h29-30H,1-28H2. The molecule has 0 amide bonds. The molecule has 0 N–H and O–H groups in total. The van der Waals surface area contributed by atoms with Crippen molar-refractivity contribution >= 4 is 21.0 Å². The van der Waals surface area contributed by atoms with Crippen molar-refractivity contribution in [2.24, 2.45) is 5.92 Å². The van der Waals surface area contributed by atoms with E-state index in [0.29, 0.717) is 5.25 Å². The van der Waals surface area contributed by atoms with E-state index >= 15 is 0 Å². The molecule has 2 saturated carbocycles. The lowest BCUT2D eigenvalue weighted by atomic mass is 9.96. The van der Waals surface area contributed by atoms with E-state index in [4.69, 9.17) is 0 Å². The van der Waals surface area contributed by atoms with Crippen molar-refractivity contribution < 1.29 is 4.55 Å². The second-order valence-corrected chi connectivity index (χ2v) is 14.8. The van der Waals surface area contributed by atoms with Crippen molar-refractivity contribution in [3.63, 3.8) is 0 Å². The second kappa shape index (κ2) is 21.9. The molecule has 1 unspecified atom stereocenters. The first kappa shape index (κ1) is 29.9. The van der Waals surface area contributed by atoms with Crippen molar-refractivity contribution in [3.05, 3.63) is 0 Å². The van der Waals surface area contributed by atoms with E-state index < -0.39 is 10.2 Å². The predicted octanol–water partition coefficient (Wildman–Crippen LogP) is 10.9. The Labute approximate surface area is 215 Å². The molecule has 0 heterocycles. The van der Waals surface area contributed by atoms with E-state index in [9.17, 15) is 4.55 Å². The molecule has 0 aliphatic heterocycles. The monoisotopic (exact) mass is 498 g/mol. The van der Waals surface area contributed by atoms with Gasteiger partial charge in [0.2, 0.25) is 0 Å². The zero-order valence-electron chi connectivity index (χ0n) is 22.2. The average Bonchev–Trinajstić information content (AvgIpc) is 2.83. The molecule has 3 heteroatoms.